The molecule has 1 fully saturated rings. The fourth-order valence-electron chi connectivity index (χ4n) is 3.38. The van der Waals surface area contributed by atoms with E-state index in [2.05, 4.69) is 5.32 Å². The molecule has 2 aliphatic carbocycles. The first-order valence-corrected chi connectivity index (χ1v) is 6.85. The zero-order chi connectivity index (χ0) is 14.3. The molecule has 1 amide bonds. The topological polar surface area (TPSA) is 66.4 Å². The van der Waals surface area contributed by atoms with E-state index in [1.807, 2.05) is 43.3 Å². The number of hydrogen-bond acceptors (Lipinski definition) is 2. The number of rotatable bonds is 3. The van der Waals surface area contributed by atoms with E-state index in [-0.39, 0.29) is 17.7 Å². The summed E-state index contributed by atoms with van der Waals surface area (Å²) >= 11 is 0. The molecule has 1 saturated carbocycles. The van der Waals surface area contributed by atoms with E-state index in [0.717, 1.165) is 17.7 Å². The third-order valence-corrected chi connectivity index (χ3v) is 4.37. The number of aryl methyl sites for hydroxylation is 1. The van der Waals surface area contributed by atoms with Crippen LogP contribution in [0.1, 0.15) is 12.0 Å². The van der Waals surface area contributed by atoms with Gasteiger partial charge in [0.05, 0.1) is 11.8 Å². The third kappa shape index (κ3) is 2.11. The average Bonchev–Trinajstić information content (AvgIpc) is 3.01. The summed E-state index contributed by atoms with van der Waals surface area (Å²) in [6.45, 7) is 1.98. The lowest BCUT2D eigenvalue weighted by Gasteiger charge is -2.23. The van der Waals surface area contributed by atoms with Crippen LogP contribution in [-0.2, 0) is 9.59 Å². The van der Waals surface area contributed by atoms with E-state index in [0.29, 0.717) is 0 Å². The number of carbonyl (C=O) groups is 2. The van der Waals surface area contributed by atoms with Gasteiger partial charge >= 0.3 is 5.97 Å². The van der Waals surface area contributed by atoms with Gasteiger partial charge in [-0.25, -0.2) is 0 Å². The highest BCUT2D eigenvalue weighted by atomic mass is 16.4. The maximum atomic E-state index is 12.4. The maximum Gasteiger partial charge on any atom is 0.307 e. The molecule has 1 aromatic rings. The molecule has 0 spiro atoms. The van der Waals surface area contributed by atoms with Crippen molar-refractivity contribution in [3.05, 3.63) is 42.0 Å². The van der Waals surface area contributed by atoms with E-state index < -0.39 is 17.8 Å². The molecule has 4 unspecified atom stereocenters. The Labute approximate surface area is 117 Å². The van der Waals surface area contributed by atoms with E-state index >= 15 is 0 Å². The van der Waals surface area contributed by atoms with Crippen molar-refractivity contribution in [3.63, 3.8) is 0 Å². The number of nitrogens with one attached hydrogen (secondary N) is 1. The lowest BCUT2D eigenvalue weighted by atomic mass is 9.82. The van der Waals surface area contributed by atoms with Gasteiger partial charge in [-0.3, -0.25) is 9.59 Å². The Bertz CT molecular complexity index is 576. The van der Waals surface area contributed by atoms with Crippen molar-refractivity contribution in [3.8, 4) is 0 Å². The number of anilines is 1. The predicted molar refractivity (Wildman–Crippen MR) is 75.2 cm³/mol. The van der Waals surface area contributed by atoms with Crippen molar-refractivity contribution in [1.29, 1.82) is 0 Å². The average molecular weight is 271 g/mol. The standard InChI is InChI=1S/C16H17NO3/c1-9-2-6-12(7-3-9)17-15(18)13-10-4-5-11(8-10)14(13)16(19)20/h2-7,10-11,13-14H,8H2,1H3,(H,17,18)(H,19,20). The molecule has 4 atom stereocenters. The summed E-state index contributed by atoms with van der Waals surface area (Å²) in [6.07, 6.45) is 4.71. The minimum atomic E-state index is -0.870. The number of hydrogen-bond donors (Lipinski definition) is 2. The zero-order valence-electron chi connectivity index (χ0n) is 11.2. The Morgan fingerprint density at radius 3 is 2.30 bits per heavy atom. The molecule has 4 nitrogen and oxygen atoms in total. The van der Waals surface area contributed by atoms with Gasteiger partial charge in [-0.2, -0.15) is 0 Å². The Morgan fingerprint density at radius 1 is 1.10 bits per heavy atom. The molecular weight excluding hydrogens is 254 g/mol. The van der Waals surface area contributed by atoms with Crippen LogP contribution in [0.3, 0.4) is 0 Å². The smallest absolute Gasteiger partial charge is 0.307 e. The molecule has 0 aliphatic heterocycles. The number of carbonyl (C=O) groups excluding carboxylic acids is 1. The van der Waals surface area contributed by atoms with Crippen LogP contribution in [0.5, 0.6) is 0 Å². The summed E-state index contributed by atoms with van der Waals surface area (Å²) < 4.78 is 0. The number of amides is 1. The first-order chi connectivity index (χ1) is 9.56. The summed E-state index contributed by atoms with van der Waals surface area (Å²) in [4.78, 5) is 23.8. The highest BCUT2D eigenvalue weighted by Crippen LogP contribution is 2.48. The molecule has 20 heavy (non-hydrogen) atoms. The largest absolute Gasteiger partial charge is 0.481 e. The molecule has 1 aromatic carbocycles. The molecule has 2 bridgehead atoms. The molecule has 2 N–H and O–H groups in total. The van der Waals surface area contributed by atoms with Gasteiger partial charge in [-0.05, 0) is 37.3 Å². The van der Waals surface area contributed by atoms with Crippen molar-refractivity contribution in [2.75, 3.05) is 5.32 Å². The lowest BCUT2D eigenvalue weighted by Crippen LogP contribution is -2.36. The first-order valence-electron chi connectivity index (χ1n) is 6.85. The Morgan fingerprint density at radius 2 is 1.70 bits per heavy atom. The Balaban J connectivity index is 1.78. The van der Waals surface area contributed by atoms with Gasteiger partial charge in [0.15, 0.2) is 0 Å². The zero-order valence-corrected chi connectivity index (χ0v) is 11.2. The fourth-order valence-corrected chi connectivity index (χ4v) is 3.38. The number of fused-ring (bicyclic) bond motifs is 2. The first kappa shape index (κ1) is 12.9. The Kier molecular flexibility index (Phi) is 3.08. The van der Waals surface area contributed by atoms with Crippen molar-refractivity contribution in [2.45, 2.75) is 13.3 Å². The summed E-state index contributed by atoms with van der Waals surface area (Å²) in [7, 11) is 0. The van der Waals surface area contributed by atoms with E-state index in [1.54, 1.807) is 0 Å². The molecular formula is C16H17NO3. The molecule has 0 aromatic heterocycles. The minimum Gasteiger partial charge on any atom is -0.481 e. The summed E-state index contributed by atoms with van der Waals surface area (Å²) in [6, 6.07) is 7.52. The van der Waals surface area contributed by atoms with Gasteiger partial charge in [0, 0.05) is 5.69 Å². The summed E-state index contributed by atoms with van der Waals surface area (Å²) in [5, 5.41) is 12.2. The molecule has 0 saturated heterocycles. The molecule has 3 rings (SSSR count). The molecule has 0 radical (unpaired) electrons. The maximum absolute atomic E-state index is 12.4. The van der Waals surface area contributed by atoms with Gasteiger partial charge in [-0.15, -0.1) is 0 Å². The van der Waals surface area contributed by atoms with Crippen LogP contribution >= 0.6 is 0 Å². The van der Waals surface area contributed by atoms with Crippen LogP contribution in [0.4, 0.5) is 5.69 Å². The SMILES string of the molecule is Cc1ccc(NC(=O)C2C3C=CC(C3)C2C(=O)O)cc1. The number of carboxylic acid groups (broad SMARTS) is 1. The van der Waals surface area contributed by atoms with Crippen LogP contribution in [0, 0.1) is 30.6 Å². The van der Waals surface area contributed by atoms with Gasteiger partial charge in [0.1, 0.15) is 0 Å². The summed E-state index contributed by atoms with van der Waals surface area (Å²) in [5.74, 6) is -2.03. The molecule has 4 heteroatoms. The Hall–Kier alpha value is -2.10. The quantitative estimate of drug-likeness (QED) is 0.830. The van der Waals surface area contributed by atoms with Crippen molar-refractivity contribution in [1.82, 2.24) is 0 Å². The highest BCUT2D eigenvalue weighted by molar-refractivity contribution is 5.96. The van der Waals surface area contributed by atoms with E-state index in [4.69, 9.17) is 0 Å². The van der Waals surface area contributed by atoms with Crippen molar-refractivity contribution >= 4 is 17.6 Å². The van der Waals surface area contributed by atoms with E-state index in [1.165, 1.54) is 0 Å². The van der Waals surface area contributed by atoms with Crippen LogP contribution in [0.2, 0.25) is 0 Å². The number of aliphatic carboxylic acids is 1. The van der Waals surface area contributed by atoms with E-state index in [9.17, 15) is 14.7 Å². The van der Waals surface area contributed by atoms with Crippen LogP contribution in [0.15, 0.2) is 36.4 Å². The number of allylic oxidation sites excluding steroid dienone is 2. The van der Waals surface area contributed by atoms with Crippen molar-refractivity contribution in [2.24, 2.45) is 23.7 Å². The fraction of sp³-hybridized carbons (Fsp3) is 0.375. The lowest BCUT2D eigenvalue weighted by molar-refractivity contribution is -0.146. The van der Waals surface area contributed by atoms with Gasteiger partial charge in [-0.1, -0.05) is 29.8 Å². The second kappa shape index (κ2) is 4.78. The van der Waals surface area contributed by atoms with Crippen LogP contribution in [-0.4, -0.2) is 17.0 Å². The monoisotopic (exact) mass is 271 g/mol. The predicted octanol–water partition coefficient (Wildman–Crippen LogP) is 2.46. The van der Waals surface area contributed by atoms with Crippen LogP contribution in [0.25, 0.3) is 0 Å². The van der Waals surface area contributed by atoms with Gasteiger partial charge in [0.2, 0.25) is 5.91 Å². The molecule has 2 aliphatic rings. The third-order valence-electron chi connectivity index (χ3n) is 4.37. The minimum absolute atomic E-state index is 0.00580. The normalized spacial score (nSPS) is 30.4. The highest BCUT2D eigenvalue weighted by Gasteiger charge is 2.51. The second-order valence-corrected chi connectivity index (χ2v) is 5.69. The van der Waals surface area contributed by atoms with Crippen LogP contribution < -0.4 is 5.32 Å². The molecule has 0 heterocycles. The van der Waals surface area contributed by atoms with Gasteiger partial charge in [0.25, 0.3) is 0 Å². The number of carboxylic acids is 1. The second-order valence-electron chi connectivity index (χ2n) is 5.69. The molecule has 104 valence electrons. The summed E-state index contributed by atoms with van der Waals surface area (Å²) in [5.41, 5.74) is 1.84. The van der Waals surface area contributed by atoms with Gasteiger partial charge < -0.3 is 10.4 Å². The van der Waals surface area contributed by atoms with Crippen molar-refractivity contribution < 1.29 is 14.7 Å². The number of benzene rings is 1.